The number of H-pyrrole nitrogens is 1. The molecule has 7 nitrogen and oxygen atoms in total. The van der Waals surface area contributed by atoms with Crippen LogP contribution in [0.5, 0.6) is 0 Å². The number of rotatable bonds is 5. The zero-order valence-corrected chi connectivity index (χ0v) is 19.7. The lowest BCUT2D eigenvalue weighted by Gasteiger charge is -2.33. The number of thioether (sulfide) groups is 1. The molecule has 1 saturated carbocycles. The Balaban J connectivity index is 1.37. The van der Waals surface area contributed by atoms with Gasteiger partial charge in [0.15, 0.2) is 0 Å². The van der Waals surface area contributed by atoms with Crippen molar-refractivity contribution in [2.45, 2.75) is 75.5 Å². The van der Waals surface area contributed by atoms with Crippen LogP contribution in [-0.4, -0.2) is 50.9 Å². The molecule has 2 fully saturated rings. The summed E-state index contributed by atoms with van der Waals surface area (Å²) in [5.41, 5.74) is 0.109. The Labute approximate surface area is 191 Å². The van der Waals surface area contributed by atoms with Gasteiger partial charge in [-0.15, -0.1) is 0 Å². The lowest BCUT2D eigenvalue weighted by molar-refractivity contribution is 0.0219. The quantitative estimate of drug-likeness (QED) is 0.672. The number of fused-ring (bicyclic) bond motifs is 1. The van der Waals surface area contributed by atoms with Crippen LogP contribution in [0.15, 0.2) is 16.9 Å². The summed E-state index contributed by atoms with van der Waals surface area (Å²) in [5, 5.41) is 3.68. The molecule has 0 atom stereocenters. The van der Waals surface area contributed by atoms with Gasteiger partial charge in [0.05, 0.1) is 11.3 Å². The van der Waals surface area contributed by atoms with E-state index in [1.54, 1.807) is 22.7 Å². The molecule has 0 radical (unpaired) electrons. The number of amides is 1. The number of nitrogens with one attached hydrogen (secondary N) is 2. The monoisotopic (exact) mass is 462 g/mol. The lowest BCUT2D eigenvalue weighted by Crippen LogP contribution is -2.42. The van der Waals surface area contributed by atoms with E-state index in [1.807, 2.05) is 20.8 Å². The summed E-state index contributed by atoms with van der Waals surface area (Å²) in [5.74, 6) is 0.526. The third-order valence-electron chi connectivity index (χ3n) is 5.84. The molecular formula is C23H31FN4O3S. The second-order valence-electron chi connectivity index (χ2n) is 9.61. The van der Waals surface area contributed by atoms with Gasteiger partial charge in [-0.1, -0.05) is 0 Å². The van der Waals surface area contributed by atoms with E-state index in [1.165, 1.54) is 12.5 Å². The molecule has 2 N–H and O–H groups in total. The Morgan fingerprint density at radius 2 is 2.00 bits per heavy atom. The molecule has 1 saturated heterocycles. The van der Waals surface area contributed by atoms with Gasteiger partial charge >= 0.3 is 6.09 Å². The van der Waals surface area contributed by atoms with Gasteiger partial charge in [-0.2, -0.15) is 11.8 Å². The van der Waals surface area contributed by atoms with Crippen molar-refractivity contribution in [3.8, 4) is 0 Å². The van der Waals surface area contributed by atoms with Gasteiger partial charge in [0, 0.05) is 30.1 Å². The summed E-state index contributed by atoms with van der Waals surface area (Å²) < 4.78 is 20.0. The van der Waals surface area contributed by atoms with E-state index in [-0.39, 0.29) is 11.5 Å². The van der Waals surface area contributed by atoms with Crippen LogP contribution >= 0.6 is 11.8 Å². The number of carbonyl (C=O) groups is 1. The van der Waals surface area contributed by atoms with Gasteiger partial charge in [-0.3, -0.25) is 4.79 Å². The zero-order valence-electron chi connectivity index (χ0n) is 18.9. The third-order valence-corrected chi connectivity index (χ3v) is 7.22. The summed E-state index contributed by atoms with van der Waals surface area (Å²) in [6.07, 6.45) is 4.78. The van der Waals surface area contributed by atoms with E-state index in [0.717, 1.165) is 25.7 Å². The molecule has 0 unspecified atom stereocenters. The summed E-state index contributed by atoms with van der Waals surface area (Å²) in [4.78, 5) is 33.7. The second-order valence-corrected chi connectivity index (χ2v) is 10.9. The molecular weight excluding hydrogens is 431 g/mol. The largest absolute Gasteiger partial charge is 0.444 e. The van der Waals surface area contributed by atoms with Gasteiger partial charge < -0.3 is 19.9 Å². The Bertz CT molecular complexity index is 1040. The highest BCUT2D eigenvalue weighted by molar-refractivity contribution is 7.99. The number of aromatic amines is 1. The molecule has 1 aromatic carbocycles. The number of hydrogen-bond acceptors (Lipinski definition) is 6. The van der Waals surface area contributed by atoms with E-state index >= 15 is 0 Å². The first-order valence-electron chi connectivity index (χ1n) is 11.3. The highest BCUT2D eigenvalue weighted by Gasteiger charge is 2.27. The predicted molar refractivity (Wildman–Crippen MR) is 126 cm³/mol. The van der Waals surface area contributed by atoms with Crippen molar-refractivity contribution in [2.24, 2.45) is 0 Å². The Morgan fingerprint density at radius 1 is 1.28 bits per heavy atom. The molecule has 1 aliphatic carbocycles. The van der Waals surface area contributed by atoms with Gasteiger partial charge in [-0.05, 0) is 65.0 Å². The fraction of sp³-hybridized carbons (Fsp3) is 0.609. The van der Waals surface area contributed by atoms with Crippen molar-refractivity contribution in [1.29, 1.82) is 0 Å². The number of aromatic nitrogens is 2. The summed E-state index contributed by atoms with van der Waals surface area (Å²) in [6.45, 7) is 6.89. The molecule has 2 aromatic rings. The number of nitrogens with zero attached hydrogens (tertiary/aromatic N) is 2. The topological polar surface area (TPSA) is 87.3 Å². The van der Waals surface area contributed by atoms with Crippen LogP contribution in [0.1, 0.15) is 58.7 Å². The fourth-order valence-electron chi connectivity index (χ4n) is 3.94. The number of hydrogen-bond donors (Lipinski definition) is 2. The third kappa shape index (κ3) is 5.54. The van der Waals surface area contributed by atoms with E-state index in [9.17, 15) is 14.0 Å². The van der Waals surface area contributed by atoms with Gasteiger partial charge in [0.25, 0.3) is 5.56 Å². The average Bonchev–Trinajstić information content (AvgIpc) is 2.68. The number of benzene rings is 1. The minimum Gasteiger partial charge on any atom is -0.444 e. The highest BCUT2D eigenvalue weighted by atomic mass is 32.2. The van der Waals surface area contributed by atoms with E-state index in [0.29, 0.717) is 47.2 Å². The summed E-state index contributed by atoms with van der Waals surface area (Å²) in [6, 6.07) is 3.51. The first-order chi connectivity index (χ1) is 15.2. The molecule has 1 aliphatic heterocycles. The molecule has 1 aromatic heterocycles. The first-order valence-corrected chi connectivity index (χ1v) is 12.3. The van der Waals surface area contributed by atoms with Crippen LogP contribution < -0.4 is 10.9 Å². The molecule has 2 aliphatic rings. The van der Waals surface area contributed by atoms with Crippen LogP contribution in [0.4, 0.5) is 14.9 Å². The SMILES string of the molecule is CC(C)(C)OC(=O)N1CCC(SCc2nc3cc(NC4CCC4)cc(F)c3c(=O)[nH]2)CC1. The Hall–Kier alpha value is -2.29. The van der Waals surface area contributed by atoms with E-state index in [4.69, 9.17) is 4.74 Å². The molecule has 1 amide bonds. The molecule has 4 rings (SSSR count). The average molecular weight is 463 g/mol. The summed E-state index contributed by atoms with van der Waals surface area (Å²) in [7, 11) is 0. The lowest BCUT2D eigenvalue weighted by atomic mass is 9.93. The molecule has 0 spiro atoms. The van der Waals surface area contributed by atoms with Gasteiger partial charge in [0.1, 0.15) is 22.6 Å². The van der Waals surface area contributed by atoms with Crippen LogP contribution in [0.25, 0.3) is 10.9 Å². The number of likely N-dealkylation sites (tertiary alicyclic amines) is 1. The number of ether oxygens (including phenoxy) is 1. The van der Waals surface area contributed by atoms with Crippen molar-refractivity contribution in [1.82, 2.24) is 14.9 Å². The molecule has 9 heteroatoms. The van der Waals surface area contributed by atoms with Crippen molar-refractivity contribution < 1.29 is 13.9 Å². The fourth-order valence-corrected chi connectivity index (χ4v) is 5.01. The van der Waals surface area contributed by atoms with E-state index in [2.05, 4.69) is 15.3 Å². The normalized spacial score (nSPS) is 17.9. The molecule has 32 heavy (non-hydrogen) atoms. The van der Waals surface area contributed by atoms with Crippen molar-refractivity contribution in [3.63, 3.8) is 0 Å². The van der Waals surface area contributed by atoms with Gasteiger partial charge in [0.2, 0.25) is 0 Å². The molecule has 0 bridgehead atoms. The van der Waals surface area contributed by atoms with Crippen molar-refractivity contribution in [2.75, 3.05) is 18.4 Å². The number of piperidine rings is 1. The Kier molecular flexibility index (Phi) is 6.65. The maximum atomic E-state index is 14.5. The van der Waals surface area contributed by atoms with Crippen molar-refractivity contribution in [3.05, 3.63) is 34.1 Å². The molecule has 174 valence electrons. The first kappa shape index (κ1) is 22.9. The summed E-state index contributed by atoms with van der Waals surface area (Å²) >= 11 is 1.71. The smallest absolute Gasteiger partial charge is 0.410 e. The van der Waals surface area contributed by atoms with Crippen molar-refractivity contribution >= 4 is 34.4 Å². The van der Waals surface area contributed by atoms with E-state index < -0.39 is 17.0 Å². The van der Waals surface area contributed by atoms with Crippen LogP contribution in [0, 0.1) is 5.82 Å². The maximum absolute atomic E-state index is 14.5. The minimum absolute atomic E-state index is 0.00331. The minimum atomic E-state index is -0.549. The number of carbonyl (C=O) groups excluding carboxylic acids is 1. The van der Waals surface area contributed by atoms with Crippen LogP contribution in [0.3, 0.4) is 0 Å². The maximum Gasteiger partial charge on any atom is 0.410 e. The number of halogens is 1. The second kappa shape index (κ2) is 9.29. The molecule has 2 heterocycles. The zero-order chi connectivity index (χ0) is 22.9. The van der Waals surface area contributed by atoms with Gasteiger partial charge in [-0.25, -0.2) is 14.2 Å². The van der Waals surface area contributed by atoms with Crippen LogP contribution in [-0.2, 0) is 10.5 Å². The predicted octanol–water partition coefficient (Wildman–Crippen LogP) is 4.66. The highest BCUT2D eigenvalue weighted by Crippen LogP contribution is 2.28. The number of anilines is 1. The van der Waals surface area contributed by atoms with Crippen LogP contribution in [0.2, 0.25) is 0 Å². The standard InChI is InChI=1S/C23H31FN4O3S/c1-23(2,3)31-22(30)28-9-7-16(8-10-28)32-13-19-26-18-12-15(25-14-5-4-6-14)11-17(24)20(18)21(29)27-19/h11-12,14,16,25H,4-10,13H2,1-3H3,(H,26,27,29). The Morgan fingerprint density at radius 3 is 2.62 bits per heavy atom.